The van der Waals surface area contributed by atoms with Crippen LogP contribution in [0, 0.1) is 0 Å². The number of hydrogen-bond acceptors (Lipinski definition) is 0. The van der Waals surface area contributed by atoms with Crippen LogP contribution in [0.25, 0.3) is 0 Å². The summed E-state index contributed by atoms with van der Waals surface area (Å²) in [6, 6.07) is 0. The average molecular weight is 139 g/mol. The van der Waals surface area contributed by atoms with E-state index in [-0.39, 0.29) is 0 Å². The summed E-state index contributed by atoms with van der Waals surface area (Å²) in [4.78, 5) is 0. The van der Waals surface area contributed by atoms with Gasteiger partial charge in [-0.05, 0) is 0 Å². The summed E-state index contributed by atoms with van der Waals surface area (Å²) in [5.41, 5.74) is 0. The number of hydrogen-bond donors (Lipinski definition) is 0. The molecule has 0 aromatic carbocycles. The van der Waals surface area contributed by atoms with Crippen LogP contribution in [0.15, 0.2) is 0 Å². The maximum atomic E-state index is 4.87. The molecule has 0 nitrogen and oxygen atoms in total. The highest BCUT2D eigenvalue weighted by molar-refractivity contribution is 8.20. The first-order valence-corrected chi connectivity index (χ1v) is 4.56. The summed E-state index contributed by atoms with van der Waals surface area (Å²) < 4.78 is 0. The molecule has 0 N–H and O–H groups in total. The second-order valence-corrected chi connectivity index (χ2v) is 5.17. The van der Waals surface area contributed by atoms with Crippen molar-refractivity contribution in [1.29, 1.82) is 0 Å². The van der Waals surface area contributed by atoms with Gasteiger partial charge in [0.2, 0.25) is 0 Å². The molecule has 4 heavy (non-hydrogen) atoms. The minimum absolute atomic E-state index is 1.20. The minimum atomic E-state index is -1.20. The molecule has 0 aliphatic rings. The summed E-state index contributed by atoms with van der Waals surface area (Å²) in [6.07, 6.45) is 0. The van der Waals surface area contributed by atoms with Crippen LogP contribution >= 0.6 is 39.7 Å². The summed E-state index contributed by atoms with van der Waals surface area (Å²) in [6.45, 7) is 0. The van der Waals surface area contributed by atoms with E-state index in [2.05, 4.69) is 0 Å². The molecule has 0 saturated heterocycles. The van der Waals surface area contributed by atoms with Gasteiger partial charge in [0.15, 0.2) is 5.98 Å². The van der Waals surface area contributed by atoms with E-state index in [9.17, 15) is 0 Å². The first kappa shape index (κ1) is 5.30. The summed E-state index contributed by atoms with van der Waals surface area (Å²) in [5.74, 6) is -1.20. The van der Waals surface area contributed by atoms with Gasteiger partial charge >= 0.3 is 0 Å². The van der Waals surface area contributed by atoms with Crippen molar-refractivity contribution in [3.63, 3.8) is 0 Å². The van der Waals surface area contributed by atoms with E-state index < -0.39 is 5.98 Å². The van der Waals surface area contributed by atoms with E-state index in [0.717, 1.165) is 0 Å². The van der Waals surface area contributed by atoms with Crippen LogP contribution in [0.1, 0.15) is 0 Å². The third-order valence-electron chi connectivity index (χ3n) is 0. The molecule has 0 aromatic heterocycles. The van der Waals surface area contributed by atoms with Gasteiger partial charge < -0.3 is 0 Å². The Bertz CT molecular complexity index is 8.00. The third-order valence-corrected chi connectivity index (χ3v) is 0. The van der Waals surface area contributed by atoms with Crippen molar-refractivity contribution in [2.75, 3.05) is 0 Å². The first-order chi connectivity index (χ1) is 1.73. The lowest BCUT2D eigenvalue weighted by atomic mass is 32.1. The van der Waals surface area contributed by atoms with Crippen molar-refractivity contribution in [2.24, 2.45) is 0 Å². The Labute approximate surface area is 40.2 Å². The molecular weight excluding hydrogens is 139 g/mol. The van der Waals surface area contributed by atoms with Crippen LogP contribution in [0.2, 0.25) is 0 Å². The molecule has 0 bridgehead atoms. The highest BCUT2D eigenvalue weighted by Crippen LogP contribution is 2.51. The predicted octanol–water partition coefficient (Wildman–Crippen LogP) is 2.93. The summed E-state index contributed by atoms with van der Waals surface area (Å²) in [7, 11) is 0. The molecule has 0 amide bonds. The van der Waals surface area contributed by atoms with Crippen LogP contribution in [-0.2, 0) is 0 Å². The van der Waals surface area contributed by atoms with Crippen molar-refractivity contribution in [3.8, 4) is 0 Å². The largest absolute Gasteiger partial charge is 0.179 e. The quantitative estimate of drug-likeness (QED) is 0.453. The molecule has 0 saturated carbocycles. The lowest BCUT2D eigenvalue weighted by Crippen LogP contribution is -0.958. The van der Waals surface area contributed by atoms with Gasteiger partial charge in [-0.2, -0.15) is 0 Å². The van der Waals surface area contributed by atoms with E-state index >= 15 is 0 Å². The Morgan fingerprint density at radius 1 is 1.00 bits per heavy atom. The van der Waals surface area contributed by atoms with Crippen LogP contribution < -0.4 is 0 Å². The standard InChI is InChI=1S/Cl3P/c1-4(2)3/i4+2. The third kappa shape index (κ3) is 10.3. The zero-order valence-corrected chi connectivity index (χ0v) is 4.74. The molecule has 0 rings (SSSR count). The first-order valence-electron chi connectivity index (χ1n) is 0.507. The Kier molecular flexibility index (Phi) is 3.36. The predicted molar refractivity (Wildman–Crippen MR) is 24.5 cm³/mol. The highest BCUT2D eigenvalue weighted by atomic mass is 36.3. The second-order valence-electron chi connectivity index (χ2n) is 0.192. The van der Waals surface area contributed by atoms with E-state index in [4.69, 9.17) is 33.7 Å². The average Bonchev–Trinajstić information content (AvgIpc) is 0.811. The van der Waals surface area contributed by atoms with Crippen molar-refractivity contribution in [3.05, 3.63) is 0 Å². The van der Waals surface area contributed by atoms with Gasteiger partial charge in [0, 0.05) is 0 Å². The van der Waals surface area contributed by atoms with Crippen molar-refractivity contribution < 1.29 is 0 Å². The Hall–Kier alpha value is 1.30. The Balaban J connectivity index is 2.32. The Morgan fingerprint density at radius 3 is 1.00 bits per heavy atom. The molecule has 0 unspecified atom stereocenters. The monoisotopic (exact) mass is 138 g/mol. The lowest BCUT2D eigenvalue weighted by Gasteiger charge is -1.68. The van der Waals surface area contributed by atoms with Gasteiger partial charge in [0.25, 0.3) is 0 Å². The molecule has 0 aromatic rings. The molecule has 0 fully saturated rings. The van der Waals surface area contributed by atoms with Crippen LogP contribution in [0.3, 0.4) is 0 Å². The highest BCUT2D eigenvalue weighted by Gasteiger charge is 1.80. The van der Waals surface area contributed by atoms with Crippen LogP contribution in [-0.4, -0.2) is 0 Å². The summed E-state index contributed by atoms with van der Waals surface area (Å²) >= 11 is 14.6. The number of halogens is 3. The lowest BCUT2D eigenvalue weighted by molar-refractivity contribution is 4.58. The minimum Gasteiger partial charge on any atom is -0.0596 e. The second kappa shape index (κ2) is 2.53. The van der Waals surface area contributed by atoms with Gasteiger partial charge in [-0.15, -0.1) is 0 Å². The number of rotatable bonds is 0. The van der Waals surface area contributed by atoms with Crippen molar-refractivity contribution >= 4 is 39.7 Å². The maximum Gasteiger partial charge on any atom is 0.179 e. The maximum absolute atomic E-state index is 4.87. The summed E-state index contributed by atoms with van der Waals surface area (Å²) in [5, 5.41) is 0. The molecule has 0 heterocycles. The van der Waals surface area contributed by atoms with E-state index in [1.54, 1.807) is 0 Å². The van der Waals surface area contributed by atoms with Gasteiger partial charge in [0.05, 0.1) is 0 Å². The van der Waals surface area contributed by atoms with E-state index in [1.165, 1.54) is 0 Å². The fraction of sp³-hybridized carbons (Fsp3) is 0. The Morgan fingerprint density at radius 2 is 1.00 bits per heavy atom. The zero-order chi connectivity index (χ0) is 3.58. The SMILES string of the molecule is Cl[33P](Cl)Cl. The van der Waals surface area contributed by atoms with E-state index in [1.807, 2.05) is 0 Å². The fourth-order valence-electron chi connectivity index (χ4n) is 0. The normalized spacial score (nSPS) is 9.00. The molecule has 0 radical (unpaired) electrons. The molecule has 4 heteroatoms. The molecule has 0 atom stereocenters. The van der Waals surface area contributed by atoms with Crippen LogP contribution in [0.4, 0.5) is 0 Å². The van der Waals surface area contributed by atoms with Gasteiger partial charge in [-0.1, -0.05) is 33.7 Å². The molecule has 0 spiro atoms. The van der Waals surface area contributed by atoms with Crippen LogP contribution in [0.5, 0.6) is 0 Å². The van der Waals surface area contributed by atoms with Crippen molar-refractivity contribution in [2.45, 2.75) is 0 Å². The molecular formula is Cl3P. The van der Waals surface area contributed by atoms with Crippen molar-refractivity contribution in [1.82, 2.24) is 0 Å². The molecule has 26 valence electrons. The zero-order valence-electron chi connectivity index (χ0n) is 1.58. The fourth-order valence-corrected chi connectivity index (χ4v) is 0. The smallest absolute Gasteiger partial charge is 0.0596 e. The van der Waals surface area contributed by atoms with Gasteiger partial charge in [-0.25, -0.2) is 0 Å². The topological polar surface area (TPSA) is 0 Å². The van der Waals surface area contributed by atoms with Gasteiger partial charge in [-0.3, -0.25) is 0 Å². The van der Waals surface area contributed by atoms with Gasteiger partial charge in [0.1, 0.15) is 0 Å². The van der Waals surface area contributed by atoms with E-state index in [0.29, 0.717) is 0 Å². The molecule has 0 aliphatic heterocycles. The molecule has 0 aliphatic carbocycles.